The van der Waals surface area contributed by atoms with Crippen LogP contribution in [-0.4, -0.2) is 7.11 Å². The fourth-order valence-electron chi connectivity index (χ4n) is 2.75. The Morgan fingerprint density at radius 1 is 0.926 bits per heavy atom. The molecule has 3 aromatic rings. The van der Waals surface area contributed by atoms with Crippen molar-refractivity contribution < 1.29 is 13.9 Å². The van der Waals surface area contributed by atoms with Crippen molar-refractivity contribution in [3.63, 3.8) is 0 Å². The monoisotopic (exact) mass is 385 g/mol. The van der Waals surface area contributed by atoms with Crippen molar-refractivity contribution in [1.82, 2.24) is 5.32 Å². The zero-order valence-corrected chi connectivity index (χ0v) is 15.8. The van der Waals surface area contributed by atoms with Crippen LogP contribution in [0.2, 0.25) is 5.02 Å². The van der Waals surface area contributed by atoms with Crippen molar-refractivity contribution in [3.05, 3.63) is 94.3 Å². The van der Waals surface area contributed by atoms with Crippen molar-refractivity contribution >= 4 is 11.6 Å². The van der Waals surface area contributed by atoms with Crippen LogP contribution in [-0.2, 0) is 19.7 Å². The minimum atomic E-state index is -0.233. The maximum Gasteiger partial charge on any atom is 0.166 e. The molecule has 3 aromatic carbocycles. The topological polar surface area (TPSA) is 30.5 Å². The second-order valence-electron chi connectivity index (χ2n) is 6.10. The highest BCUT2D eigenvalue weighted by Gasteiger charge is 2.11. The largest absolute Gasteiger partial charge is 0.493 e. The van der Waals surface area contributed by atoms with Crippen LogP contribution in [0.4, 0.5) is 4.39 Å². The molecule has 3 rings (SSSR count). The van der Waals surface area contributed by atoms with Gasteiger partial charge < -0.3 is 14.8 Å². The Hall–Kier alpha value is -2.56. The van der Waals surface area contributed by atoms with Gasteiger partial charge in [0.25, 0.3) is 0 Å². The lowest BCUT2D eigenvalue weighted by molar-refractivity contribution is 0.280. The summed E-state index contributed by atoms with van der Waals surface area (Å²) >= 11 is 6.04. The number of rotatable bonds is 8. The lowest BCUT2D eigenvalue weighted by atomic mass is 10.1. The van der Waals surface area contributed by atoms with E-state index in [1.54, 1.807) is 19.2 Å². The SMILES string of the molecule is COc1cccc(CNCc2ccc(F)cc2)c1OCc1cccc(Cl)c1. The molecule has 1 N–H and O–H groups in total. The Labute approximate surface area is 163 Å². The average Bonchev–Trinajstić information content (AvgIpc) is 2.68. The maximum absolute atomic E-state index is 13.0. The molecule has 0 bridgehead atoms. The normalized spacial score (nSPS) is 10.6. The zero-order chi connectivity index (χ0) is 19.1. The van der Waals surface area contributed by atoms with Gasteiger partial charge in [-0.25, -0.2) is 4.39 Å². The second-order valence-corrected chi connectivity index (χ2v) is 6.53. The summed E-state index contributed by atoms with van der Waals surface area (Å²) in [6.07, 6.45) is 0. The standard InChI is InChI=1S/C22H21ClFNO2/c1-26-21-7-3-5-18(14-25-13-16-8-10-20(24)11-9-16)22(21)27-15-17-4-2-6-19(23)12-17/h2-12,25H,13-15H2,1H3. The molecule has 140 valence electrons. The summed E-state index contributed by atoms with van der Waals surface area (Å²) < 4.78 is 24.5. The van der Waals surface area contributed by atoms with Gasteiger partial charge in [-0.1, -0.05) is 48.0 Å². The van der Waals surface area contributed by atoms with Crippen molar-refractivity contribution in [3.8, 4) is 11.5 Å². The molecule has 27 heavy (non-hydrogen) atoms. The molecule has 5 heteroatoms. The first kappa shape index (κ1) is 19.2. The van der Waals surface area contributed by atoms with E-state index in [4.69, 9.17) is 21.1 Å². The molecule has 0 aromatic heterocycles. The molecule has 0 saturated carbocycles. The van der Waals surface area contributed by atoms with Gasteiger partial charge in [-0.2, -0.15) is 0 Å². The molecule has 0 spiro atoms. The van der Waals surface area contributed by atoms with Gasteiger partial charge in [0.2, 0.25) is 0 Å². The number of halogens is 2. The van der Waals surface area contributed by atoms with Gasteiger partial charge in [0, 0.05) is 23.7 Å². The number of benzene rings is 3. The first-order chi connectivity index (χ1) is 13.2. The van der Waals surface area contributed by atoms with Crippen LogP contribution < -0.4 is 14.8 Å². The summed E-state index contributed by atoms with van der Waals surface area (Å²) in [4.78, 5) is 0. The summed E-state index contributed by atoms with van der Waals surface area (Å²) in [5, 5.41) is 4.04. The molecule has 0 fully saturated rings. The van der Waals surface area contributed by atoms with E-state index in [-0.39, 0.29) is 5.82 Å². The van der Waals surface area contributed by atoms with E-state index in [0.717, 1.165) is 16.7 Å². The third kappa shape index (κ3) is 5.46. The Kier molecular flexibility index (Phi) is 6.69. The fraction of sp³-hybridized carbons (Fsp3) is 0.182. The Morgan fingerprint density at radius 3 is 2.44 bits per heavy atom. The molecule has 0 aliphatic rings. The van der Waals surface area contributed by atoms with Gasteiger partial charge in [-0.05, 0) is 41.5 Å². The Morgan fingerprint density at radius 2 is 1.70 bits per heavy atom. The third-order valence-corrected chi connectivity index (χ3v) is 4.35. The summed E-state index contributed by atoms with van der Waals surface area (Å²) in [6, 6.07) is 19.8. The van der Waals surface area contributed by atoms with Crippen molar-refractivity contribution in [2.45, 2.75) is 19.7 Å². The number of nitrogens with one attached hydrogen (secondary N) is 1. The van der Waals surface area contributed by atoms with Gasteiger partial charge in [0.1, 0.15) is 12.4 Å². The molecule has 0 aliphatic heterocycles. The predicted molar refractivity (Wildman–Crippen MR) is 106 cm³/mol. The highest BCUT2D eigenvalue weighted by Crippen LogP contribution is 2.32. The summed E-state index contributed by atoms with van der Waals surface area (Å²) in [6.45, 7) is 1.62. The first-order valence-electron chi connectivity index (χ1n) is 8.64. The van der Waals surface area contributed by atoms with Crippen molar-refractivity contribution in [1.29, 1.82) is 0 Å². The van der Waals surface area contributed by atoms with E-state index in [2.05, 4.69) is 5.32 Å². The summed E-state index contributed by atoms with van der Waals surface area (Å²) in [5.74, 6) is 1.15. The molecule has 0 heterocycles. The van der Waals surface area contributed by atoms with Gasteiger partial charge in [-0.15, -0.1) is 0 Å². The van der Waals surface area contributed by atoms with Gasteiger partial charge in [0.05, 0.1) is 7.11 Å². The number of methoxy groups -OCH3 is 1. The number of ether oxygens (including phenoxy) is 2. The highest BCUT2D eigenvalue weighted by molar-refractivity contribution is 6.30. The lowest BCUT2D eigenvalue weighted by Crippen LogP contribution is -2.14. The molecular weight excluding hydrogens is 365 g/mol. The van der Waals surface area contributed by atoms with Crippen LogP contribution in [0.1, 0.15) is 16.7 Å². The van der Waals surface area contributed by atoms with E-state index < -0.39 is 0 Å². The fourth-order valence-corrected chi connectivity index (χ4v) is 2.96. The summed E-state index contributed by atoms with van der Waals surface area (Å²) in [7, 11) is 1.62. The van der Waals surface area contributed by atoms with Gasteiger partial charge >= 0.3 is 0 Å². The smallest absolute Gasteiger partial charge is 0.166 e. The van der Waals surface area contributed by atoms with E-state index in [1.807, 2.05) is 42.5 Å². The van der Waals surface area contributed by atoms with Crippen LogP contribution in [0.25, 0.3) is 0 Å². The third-order valence-electron chi connectivity index (χ3n) is 4.11. The van der Waals surface area contributed by atoms with E-state index in [9.17, 15) is 4.39 Å². The van der Waals surface area contributed by atoms with Gasteiger partial charge in [0.15, 0.2) is 11.5 Å². The quantitative estimate of drug-likeness (QED) is 0.566. The van der Waals surface area contributed by atoms with Crippen LogP contribution in [0, 0.1) is 5.82 Å². The number of para-hydroxylation sites is 1. The summed E-state index contributed by atoms with van der Waals surface area (Å²) in [5.41, 5.74) is 2.98. The van der Waals surface area contributed by atoms with Crippen LogP contribution in [0.15, 0.2) is 66.7 Å². The number of hydrogen-bond donors (Lipinski definition) is 1. The first-order valence-corrected chi connectivity index (χ1v) is 9.02. The van der Waals surface area contributed by atoms with Crippen LogP contribution >= 0.6 is 11.6 Å². The zero-order valence-electron chi connectivity index (χ0n) is 15.0. The lowest BCUT2D eigenvalue weighted by Gasteiger charge is -2.16. The molecule has 0 atom stereocenters. The molecule has 0 radical (unpaired) electrons. The average molecular weight is 386 g/mol. The molecular formula is C22H21ClFNO2. The van der Waals surface area contributed by atoms with Crippen LogP contribution in [0.5, 0.6) is 11.5 Å². The van der Waals surface area contributed by atoms with Gasteiger partial charge in [-0.3, -0.25) is 0 Å². The minimum Gasteiger partial charge on any atom is -0.493 e. The van der Waals surface area contributed by atoms with E-state index in [1.165, 1.54) is 12.1 Å². The number of hydrogen-bond acceptors (Lipinski definition) is 3. The molecule has 0 saturated heterocycles. The molecule has 0 amide bonds. The Balaban J connectivity index is 1.68. The van der Waals surface area contributed by atoms with Crippen molar-refractivity contribution in [2.24, 2.45) is 0 Å². The molecule has 3 nitrogen and oxygen atoms in total. The van der Waals surface area contributed by atoms with Crippen LogP contribution in [0.3, 0.4) is 0 Å². The predicted octanol–water partition coefficient (Wildman–Crippen LogP) is 5.36. The Bertz CT molecular complexity index is 884. The molecule has 0 unspecified atom stereocenters. The van der Waals surface area contributed by atoms with Crippen molar-refractivity contribution in [2.75, 3.05) is 7.11 Å². The minimum absolute atomic E-state index is 0.233. The highest BCUT2D eigenvalue weighted by atomic mass is 35.5. The second kappa shape index (κ2) is 9.40. The van der Waals surface area contributed by atoms with E-state index in [0.29, 0.717) is 36.2 Å². The molecule has 0 aliphatic carbocycles. The maximum atomic E-state index is 13.0. The van der Waals surface area contributed by atoms with E-state index >= 15 is 0 Å².